The topological polar surface area (TPSA) is 20.2 Å². The molecule has 0 fully saturated rings. The van der Waals surface area contributed by atoms with Gasteiger partial charge in [-0.1, -0.05) is 51.8 Å². The highest BCUT2D eigenvalue weighted by Gasteiger charge is 2.31. The molecule has 0 bridgehead atoms. The lowest BCUT2D eigenvalue weighted by Crippen LogP contribution is -2.29. The summed E-state index contributed by atoms with van der Waals surface area (Å²) >= 11 is 0. The van der Waals surface area contributed by atoms with E-state index in [1.807, 2.05) is 6.92 Å². The summed E-state index contributed by atoms with van der Waals surface area (Å²) in [6, 6.07) is 6.56. The van der Waals surface area contributed by atoms with Crippen molar-refractivity contribution in [3.8, 4) is 0 Å². The fourth-order valence-corrected chi connectivity index (χ4v) is 2.34. The van der Waals surface area contributed by atoms with Crippen molar-refractivity contribution in [1.29, 1.82) is 0 Å². The summed E-state index contributed by atoms with van der Waals surface area (Å²) in [7, 11) is 0. The molecule has 0 aliphatic rings. The van der Waals surface area contributed by atoms with E-state index in [0.29, 0.717) is 24.3 Å². The van der Waals surface area contributed by atoms with Gasteiger partial charge in [-0.3, -0.25) is 0 Å². The van der Waals surface area contributed by atoms with E-state index in [4.69, 9.17) is 0 Å². The Morgan fingerprint density at radius 1 is 1.18 bits per heavy atom. The number of hydrogen-bond donors (Lipinski definition) is 1. The van der Waals surface area contributed by atoms with Gasteiger partial charge in [-0.05, 0) is 24.8 Å². The first-order valence-electron chi connectivity index (χ1n) is 6.54. The molecule has 0 aliphatic heterocycles. The maximum atomic E-state index is 13.8. The molecule has 0 amide bonds. The highest BCUT2D eigenvalue weighted by atomic mass is 19.1. The number of halogens is 1. The van der Waals surface area contributed by atoms with Crippen LogP contribution in [0.1, 0.15) is 52.0 Å². The number of hydrogen-bond acceptors (Lipinski definition) is 1. The van der Waals surface area contributed by atoms with Crippen LogP contribution < -0.4 is 0 Å². The normalized spacial score (nSPS) is 14.9. The zero-order valence-electron chi connectivity index (χ0n) is 11.0. The number of aliphatic hydroxyl groups is 1. The predicted octanol–water partition coefficient (Wildman–Crippen LogP) is 4.25. The quantitative estimate of drug-likeness (QED) is 0.785. The van der Waals surface area contributed by atoms with Gasteiger partial charge in [-0.15, -0.1) is 0 Å². The lowest BCUT2D eigenvalue weighted by Gasteiger charge is -2.31. The van der Waals surface area contributed by atoms with E-state index in [-0.39, 0.29) is 5.82 Å². The Morgan fingerprint density at radius 2 is 1.76 bits per heavy atom. The van der Waals surface area contributed by atoms with E-state index in [2.05, 4.69) is 13.8 Å². The molecule has 1 aromatic carbocycles. The smallest absolute Gasteiger partial charge is 0.129 e. The number of rotatable bonds is 6. The van der Waals surface area contributed by atoms with Crippen molar-refractivity contribution in [3.05, 3.63) is 35.6 Å². The second-order valence-electron chi connectivity index (χ2n) is 4.75. The summed E-state index contributed by atoms with van der Waals surface area (Å²) in [6.07, 6.45) is 3.22. The van der Waals surface area contributed by atoms with Crippen LogP contribution in [0.15, 0.2) is 24.3 Å². The standard InChI is InChI=1S/C15H23FO/c1-4-12(5-2)11-15(17,6-3)13-9-7-8-10-14(13)16/h7-10,12,17H,4-6,11H2,1-3H3. The van der Waals surface area contributed by atoms with Crippen molar-refractivity contribution in [2.24, 2.45) is 5.92 Å². The lowest BCUT2D eigenvalue weighted by atomic mass is 9.80. The molecule has 1 aromatic rings. The summed E-state index contributed by atoms with van der Waals surface area (Å²) in [6.45, 7) is 6.14. The van der Waals surface area contributed by atoms with Gasteiger partial charge in [0, 0.05) is 5.56 Å². The predicted molar refractivity (Wildman–Crippen MR) is 69.3 cm³/mol. The van der Waals surface area contributed by atoms with Gasteiger partial charge < -0.3 is 5.11 Å². The molecule has 1 atom stereocenters. The van der Waals surface area contributed by atoms with E-state index in [0.717, 1.165) is 12.8 Å². The third kappa shape index (κ3) is 3.29. The van der Waals surface area contributed by atoms with Crippen molar-refractivity contribution >= 4 is 0 Å². The molecule has 1 N–H and O–H groups in total. The third-order valence-electron chi connectivity index (χ3n) is 3.74. The average molecular weight is 238 g/mol. The molecule has 0 radical (unpaired) electrons. The summed E-state index contributed by atoms with van der Waals surface area (Å²) in [5.41, 5.74) is -0.587. The highest BCUT2D eigenvalue weighted by molar-refractivity contribution is 5.24. The van der Waals surface area contributed by atoms with Crippen LogP contribution in [0.2, 0.25) is 0 Å². The van der Waals surface area contributed by atoms with Crippen LogP contribution in [0.25, 0.3) is 0 Å². The second kappa shape index (κ2) is 6.15. The summed E-state index contributed by atoms with van der Waals surface area (Å²) < 4.78 is 13.8. The van der Waals surface area contributed by atoms with E-state index in [1.54, 1.807) is 18.2 Å². The van der Waals surface area contributed by atoms with E-state index >= 15 is 0 Å². The van der Waals surface area contributed by atoms with Crippen LogP contribution in [-0.4, -0.2) is 5.11 Å². The molecule has 1 unspecified atom stereocenters. The van der Waals surface area contributed by atoms with Crippen molar-refractivity contribution in [1.82, 2.24) is 0 Å². The molecule has 17 heavy (non-hydrogen) atoms. The van der Waals surface area contributed by atoms with Crippen LogP contribution in [0, 0.1) is 11.7 Å². The van der Waals surface area contributed by atoms with Gasteiger partial charge >= 0.3 is 0 Å². The summed E-state index contributed by atoms with van der Waals surface area (Å²) in [5.74, 6) is 0.141. The van der Waals surface area contributed by atoms with Gasteiger partial charge in [-0.25, -0.2) is 4.39 Å². The molecule has 0 heterocycles. The van der Waals surface area contributed by atoms with Crippen molar-refractivity contribution < 1.29 is 9.50 Å². The van der Waals surface area contributed by atoms with Crippen LogP contribution in [0.4, 0.5) is 4.39 Å². The van der Waals surface area contributed by atoms with E-state index in [1.165, 1.54) is 6.07 Å². The van der Waals surface area contributed by atoms with Gasteiger partial charge in [-0.2, -0.15) is 0 Å². The molecule has 0 saturated heterocycles. The maximum absolute atomic E-state index is 13.8. The Labute approximate surface area is 104 Å². The molecular weight excluding hydrogens is 215 g/mol. The fourth-order valence-electron chi connectivity index (χ4n) is 2.34. The molecular formula is C15H23FO. The van der Waals surface area contributed by atoms with Crippen LogP contribution >= 0.6 is 0 Å². The van der Waals surface area contributed by atoms with Crippen LogP contribution in [0.3, 0.4) is 0 Å². The Balaban J connectivity index is 2.99. The Kier molecular flexibility index (Phi) is 5.13. The van der Waals surface area contributed by atoms with Gasteiger partial charge in [0.1, 0.15) is 5.82 Å². The molecule has 2 heteroatoms. The molecule has 0 spiro atoms. The lowest BCUT2D eigenvalue weighted by molar-refractivity contribution is 0.00255. The Morgan fingerprint density at radius 3 is 2.24 bits per heavy atom. The molecule has 1 nitrogen and oxygen atoms in total. The fraction of sp³-hybridized carbons (Fsp3) is 0.600. The minimum absolute atomic E-state index is 0.303. The third-order valence-corrected chi connectivity index (χ3v) is 3.74. The van der Waals surface area contributed by atoms with E-state index in [9.17, 15) is 9.50 Å². The van der Waals surface area contributed by atoms with Crippen molar-refractivity contribution in [2.45, 2.75) is 52.1 Å². The van der Waals surface area contributed by atoms with Gasteiger partial charge in [0.05, 0.1) is 5.60 Å². The monoisotopic (exact) mass is 238 g/mol. The van der Waals surface area contributed by atoms with Gasteiger partial charge in [0.15, 0.2) is 0 Å². The maximum Gasteiger partial charge on any atom is 0.129 e. The van der Waals surface area contributed by atoms with Gasteiger partial charge in [0.2, 0.25) is 0 Å². The summed E-state index contributed by atoms with van der Waals surface area (Å²) in [5, 5.41) is 10.7. The van der Waals surface area contributed by atoms with Crippen LogP contribution in [-0.2, 0) is 5.60 Å². The SMILES string of the molecule is CCC(CC)CC(O)(CC)c1ccccc1F. The highest BCUT2D eigenvalue weighted by Crippen LogP contribution is 2.35. The first-order chi connectivity index (χ1) is 8.07. The van der Waals surface area contributed by atoms with Gasteiger partial charge in [0.25, 0.3) is 0 Å². The first-order valence-corrected chi connectivity index (χ1v) is 6.54. The molecule has 1 rings (SSSR count). The Bertz CT molecular complexity index is 347. The van der Waals surface area contributed by atoms with Crippen molar-refractivity contribution in [2.75, 3.05) is 0 Å². The number of benzene rings is 1. The minimum Gasteiger partial charge on any atom is -0.385 e. The second-order valence-corrected chi connectivity index (χ2v) is 4.75. The zero-order chi connectivity index (χ0) is 12.9. The molecule has 96 valence electrons. The first kappa shape index (κ1) is 14.2. The minimum atomic E-state index is -1.03. The van der Waals surface area contributed by atoms with E-state index < -0.39 is 5.60 Å². The molecule has 0 aromatic heterocycles. The molecule has 0 aliphatic carbocycles. The average Bonchev–Trinajstić information content (AvgIpc) is 2.36. The van der Waals surface area contributed by atoms with Crippen LogP contribution in [0.5, 0.6) is 0 Å². The Hall–Kier alpha value is -0.890. The zero-order valence-corrected chi connectivity index (χ0v) is 11.0. The molecule has 0 saturated carbocycles. The van der Waals surface area contributed by atoms with Crippen molar-refractivity contribution in [3.63, 3.8) is 0 Å². The summed E-state index contributed by atoms with van der Waals surface area (Å²) in [4.78, 5) is 0. The largest absolute Gasteiger partial charge is 0.385 e.